The van der Waals surface area contributed by atoms with Crippen molar-refractivity contribution < 1.29 is 18.3 Å². The molecule has 0 saturated heterocycles. The Kier molecular flexibility index (Phi) is 4.42. The molecule has 0 aliphatic carbocycles. The summed E-state index contributed by atoms with van der Waals surface area (Å²) in [5.74, 6) is 0.622. The maximum absolute atomic E-state index is 12.9. The van der Waals surface area contributed by atoms with Gasteiger partial charge < -0.3 is 10.4 Å². The van der Waals surface area contributed by atoms with E-state index in [0.29, 0.717) is 15.9 Å². The van der Waals surface area contributed by atoms with Gasteiger partial charge in [-0.25, -0.2) is 0 Å². The Bertz CT molecular complexity index is 1120. The van der Waals surface area contributed by atoms with E-state index in [9.17, 15) is 18.3 Å². The van der Waals surface area contributed by atoms with Gasteiger partial charge in [-0.1, -0.05) is 36.5 Å². The molecule has 28 heavy (non-hydrogen) atoms. The maximum atomic E-state index is 12.9. The number of halogens is 3. The van der Waals surface area contributed by atoms with Crippen molar-refractivity contribution >= 4 is 27.1 Å². The van der Waals surface area contributed by atoms with Crippen molar-refractivity contribution in [3.8, 4) is 5.75 Å². The van der Waals surface area contributed by atoms with Crippen LogP contribution in [0.15, 0.2) is 48.5 Å². The van der Waals surface area contributed by atoms with Gasteiger partial charge in [-0.3, -0.25) is 0 Å². The van der Waals surface area contributed by atoms with Crippen molar-refractivity contribution in [3.63, 3.8) is 0 Å². The Morgan fingerprint density at radius 2 is 1.86 bits per heavy atom. The van der Waals surface area contributed by atoms with Gasteiger partial charge >= 0.3 is 6.18 Å². The Morgan fingerprint density at radius 1 is 1.11 bits per heavy atom. The minimum atomic E-state index is -4.41. The molecule has 2 aromatic heterocycles. The topological polar surface area (TPSA) is 75.3 Å². The van der Waals surface area contributed by atoms with Crippen LogP contribution in [-0.4, -0.2) is 24.9 Å². The molecule has 4 rings (SSSR count). The van der Waals surface area contributed by atoms with E-state index >= 15 is 0 Å². The first-order chi connectivity index (χ1) is 13.3. The molecule has 144 valence electrons. The first-order valence-electron chi connectivity index (χ1n) is 8.26. The third-order valence-corrected chi connectivity index (χ3v) is 5.05. The van der Waals surface area contributed by atoms with Crippen LogP contribution in [0.4, 0.5) is 24.0 Å². The van der Waals surface area contributed by atoms with Crippen LogP contribution >= 0.6 is 11.3 Å². The average Bonchev–Trinajstić information content (AvgIpc) is 3.21. The molecule has 2 N–H and O–H groups in total. The first kappa shape index (κ1) is 18.2. The van der Waals surface area contributed by atoms with Crippen LogP contribution in [0.3, 0.4) is 0 Å². The van der Waals surface area contributed by atoms with Gasteiger partial charge in [0.2, 0.25) is 10.1 Å². The van der Waals surface area contributed by atoms with E-state index in [2.05, 4.69) is 20.6 Å². The fraction of sp³-hybridized carbons (Fsp3) is 0.167. The monoisotopic (exact) mass is 405 g/mol. The second kappa shape index (κ2) is 6.79. The summed E-state index contributed by atoms with van der Waals surface area (Å²) in [7, 11) is 0. The van der Waals surface area contributed by atoms with Crippen LogP contribution in [0.2, 0.25) is 0 Å². The van der Waals surface area contributed by atoms with E-state index in [4.69, 9.17) is 0 Å². The van der Waals surface area contributed by atoms with Gasteiger partial charge in [0.15, 0.2) is 5.82 Å². The predicted molar refractivity (Wildman–Crippen MR) is 99.0 cm³/mol. The number of nitrogens with zero attached hydrogens (tertiary/aromatic N) is 4. The van der Waals surface area contributed by atoms with Gasteiger partial charge in [-0.05, 0) is 35.9 Å². The molecule has 0 spiro atoms. The van der Waals surface area contributed by atoms with Crippen LogP contribution in [0.5, 0.6) is 5.75 Å². The van der Waals surface area contributed by atoms with E-state index < -0.39 is 11.7 Å². The number of phenols is 1. The highest BCUT2D eigenvalue weighted by Crippen LogP contribution is 2.32. The number of alkyl halides is 3. The molecule has 0 aliphatic rings. The molecule has 4 aromatic rings. The summed E-state index contributed by atoms with van der Waals surface area (Å²) in [5, 5.41) is 25.4. The number of aromatic hydroxyl groups is 1. The van der Waals surface area contributed by atoms with E-state index in [-0.39, 0.29) is 17.4 Å². The molecule has 6 nitrogen and oxygen atoms in total. The van der Waals surface area contributed by atoms with E-state index in [1.807, 2.05) is 6.92 Å². The number of aromatic nitrogens is 4. The molecule has 0 amide bonds. The van der Waals surface area contributed by atoms with Crippen LogP contribution in [0.25, 0.3) is 4.96 Å². The second-order valence-electron chi connectivity index (χ2n) is 6.18. The average molecular weight is 405 g/mol. The molecule has 0 fully saturated rings. The minimum Gasteiger partial charge on any atom is -0.508 e. The molecule has 0 bridgehead atoms. The summed E-state index contributed by atoms with van der Waals surface area (Å²) in [6.07, 6.45) is -4.41. The lowest BCUT2D eigenvalue weighted by Crippen LogP contribution is -2.05. The van der Waals surface area contributed by atoms with Gasteiger partial charge in [-0.15, -0.1) is 15.3 Å². The van der Waals surface area contributed by atoms with Crippen LogP contribution < -0.4 is 5.32 Å². The van der Waals surface area contributed by atoms with Gasteiger partial charge in [-0.2, -0.15) is 17.7 Å². The highest BCUT2D eigenvalue weighted by atomic mass is 32.1. The summed E-state index contributed by atoms with van der Waals surface area (Å²) in [6.45, 7) is 1.93. The summed E-state index contributed by atoms with van der Waals surface area (Å²) in [5.41, 5.74) is 0.475. The van der Waals surface area contributed by atoms with Crippen LogP contribution in [-0.2, 0) is 6.18 Å². The molecular formula is C18H14F3N5OS. The van der Waals surface area contributed by atoms with Gasteiger partial charge in [0, 0.05) is 11.6 Å². The second-order valence-corrected chi connectivity index (χ2v) is 7.13. The van der Waals surface area contributed by atoms with Crippen molar-refractivity contribution in [2.45, 2.75) is 19.0 Å². The first-order valence-corrected chi connectivity index (χ1v) is 9.08. The Hall–Kier alpha value is -3.14. The van der Waals surface area contributed by atoms with Gasteiger partial charge in [0.25, 0.3) is 0 Å². The zero-order chi connectivity index (χ0) is 19.9. The fourth-order valence-electron chi connectivity index (χ4n) is 2.76. The molecule has 0 saturated carbocycles. The number of anilines is 2. The number of hydrogen-bond donors (Lipinski definition) is 2. The standard InChI is InChI=1S/C18H14F3N5OS/c1-10(11-5-7-14(27)8-6-11)15-23-24-17-26(15)25-16(28-17)22-13-4-2-3-12(9-13)18(19,20)21/h2-10,27H,1H3,(H,22,25). The zero-order valence-electron chi connectivity index (χ0n) is 14.5. The number of phenolic OH excluding ortho intramolecular Hbond substituents is 1. The molecule has 10 heteroatoms. The van der Waals surface area contributed by atoms with Crippen LogP contribution in [0.1, 0.15) is 29.8 Å². The third-order valence-electron chi connectivity index (χ3n) is 4.24. The van der Waals surface area contributed by atoms with Crippen molar-refractivity contribution in [1.82, 2.24) is 19.8 Å². The molecule has 1 unspecified atom stereocenters. The Labute approximate surface area is 161 Å². The molecule has 0 aliphatic heterocycles. The Morgan fingerprint density at radius 3 is 2.57 bits per heavy atom. The number of fused-ring (bicyclic) bond motifs is 1. The summed E-state index contributed by atoms with van der Waals surface area (Å²) in [6, 6.07) is 11.7. The molecule has 2 aromatic carbocycles. The number of hydrogen-bond acceptors (Lipinski definition) is 6. The van der Waals surface area contributed by atoms with Gasteiger partial charge in [0.1, 0.15) is 5.75 Å². The lowest BCUT2D eigenvalue weighted by Gasteiger charge is -2.09. The van der Waals surface area contributed by atoms with Gasteiger partial charge in [0.05, 0.1) is 5.56 Å². The fourth-order valence-corrected chi connectivity index (χ4v) is 3.53. The van der Waals surface area contributed by atoms with Crippen molar-refractivity contribution in [2.24, 2.45) is 0 Å². The molecule has 2 heterocycles. The third kappa shape index (κ3) is 3.50. The van der Waals surface area contributed by atoms with E-state index in [1.54, 1.807) is 28.8 Å². The summed E-state index contributed by atoms with van der Waals surface area (Å²) >= 11 is 1.19. The summed E-state index contributed by atoms with van der Waals surface area (Å²) < 4.78 is 40.2. The predicted octanol–water partition coefficient (Wildman–Crippen LogP) is 4.81. The number of nitrogens with one attached hydrogen (secondary N) is 1. The van der Waals surface area contributed by atoms with Crippen molar-refractivity contribution in [2.75, 3.05) is 5.32 Å². The highest BCUT2D eigenvalue weighted by molar-refractivity contribution is 7.20. The van der Waals surface area contributed by atoms with E-state index in [1.165, 1.54) is 23.5 Å². The number of rotatable bonds is 4. The number of benzene rings is 2. The quantitative estimate of drug-likeness (QED) is 0.510. The Balaban J connectivity index is 1.62. The summed E-state index contributed by atoms with van der Waals surface area (Å²) in [4.78, 5) is 0.523. The lowest BCUT2D eigenvalue weighted by atomic mass is 10.0. The molecular weight excluding hydrogens is 391 g/mol. The smallest absolute Gasteiger partial charge is 0.416 e. The zero-order valence-corrected chi connectivity index (χ0v) is 15.3. The van der Waals surface area contributed by atoms with Crippen molar-refractivity contribution in [3.05, 3.63) is 65.5 Å². The largest absolute Gasteiger partial charge is 0.508 e. The minimum absolute atomic E-state index is 0.140. The lowest BCUT2D eigenvalue weighted by molar-refractivity contribution is -0.137. The SMILES string of the molecule is CC(c1ccc(O)cc1)c1nnc2sc(Nc3cccc(C(F)(F)F)c3)nn12. The highest BCUT2D eigenvalue weighted by Gasteiger charge is 2.30. The normalized spacial score (nSPS) is 13.0. The van der Waals surface area contributed by atoms with E-state index in [0.717, 1.165) is 17.7 Å². The van der Waals surface area contributed by atoms with Crippen LogP contribution in [0, 0.1) is 0 Å². The molecule has 0 radical (unpaired) electrons. The maximum Gasteiger partial charge on any atom is 0.416 e. The molecule has 1 atom stereocenters. The van der Waals surface area contributed by atoms with Crippen molar-refractivity contribution in [1.29, 1.82) is 0 Å².